The molecule has 0 spiro atoms. The van der Waals surface area contributed by atoms with Gasteiger partial charge in [0.2, 0.25) is 5.95 Å². The topological polar surface area (TPSA) is 79.4 Å². The van der Waals surface area contributed by atoms with Crippen LogP contribution in [0.1, 0.15) is 16.8 Å². The monoisotopic (exact) mass is 341 g/mol. The Balaban J connectivity index is 1.46. The van der Waals surface area contributed by atoms with E-state index in [0.717, 1.165) is 45.0 Å². The smallest absolute Gasteiger partial charge is 0.251 e. The van der Waals surface area contributed by atoms with E-state index in [-0.39, 0.29) is 5.91 Å². The molecule has 2 heterocycles. The number of anilines is 2. The van der Waals surface area contributed by atoms with Gasteiger partial charge in [-0.15, -0.1) is 0 Å². The number of amides is 1. The van der Waals surface area contributed by atoms with Crippen LogP contribution >= 0.6 is 0 Å². The minimum absolute atomic E-state index is 0.0698. The van der Waals surface area contributed by atoms with Gasteiger partial charge in [0.05, 0.1) is 13.2 Å². The van der Waals surface area contributed by atoms with Crippen LogP contribution in [0.3, 0.4) is 0 Å². The van der Waals surface area contributed by atoms with Crippen LogP contribution in [0.15, 0.2) is 42.7 Å². The van der Waals surface area contributed by atoms with E-state index in [4.69, 9.17) is 4.74 Å². The molecule has 1 saturated heterocycles. The van der Waals surface area contributed by atoms with Crippen molar-refractivity contribution in [3.8, 4) is 0 Å². The minimum Gasteiger partial charge on any atom is -0.379 e. The van der Waals surface area contributed by atoms with Crippen molar-refractivity contribution in [2.75, 3.05) is 44.7 Å². The molecule has 2 N–H and O–H groups in total. The van der Waals surface area contributed by atoms with Crippen LogP contribution in [0.2, 0.25) is 0 Å². The molecule has 7 nitrogen and oxygen atoms in total. The van der Waals surface area contributed by atoms with Gasteiger partial charge in [-0.2, -0.15) is 0 Å². The average Bonchev–Trinajstić information content (AvgIpc) is 2.67. The van der Waals surface area contributed by atoms with Crippen LogP contribution in [0.5, 0.6) is 0 Å². The van der Waals surface area contributed by atoms with Gasteiger partial charge in [-0.1, -0.05) is 6.07 Å². The third-order valence-corrected chi connectivity index (χ3v) is 3.99. The van der Waals surface area contributed by atoms with E-state index in [0.29, 0.717) is 18.1 Å². The van der Waals surface area contributed by atoms with Crippen molar-refractivity contribution in [2.24, 2.45) is 0 Å². The highest BCUT2D eigenvalue weighted by Gasteiger charge is 2.10. The Kier molecular flexibility index (Phi) is 6.30. The SMILES string of the molecule is O=C(NCCCN1CCOCC1)c1cccc(Nc2ncccn2)c1. The zero-order valence-electron chi connectivity index (χ0n) is 14.1. The molecule has 25 heavy (non-hydrogen) atoms. The van der Waals surface area contributed by atoms with E-state index >= 15 is 0 Å². The number of rotatable bonds is 7. The quantitative estimate of drug-likeness (QED) is 0.746. The molecule has 3 rings (SSSR count). The molecule has 1 fully saturated rings. The zero-order valence-corrected chi connectivity index (χ0v) is 14.1. The van der Waals surface area contributed by atoms with Crippen molar-refractivity contribution >= 4 is 17.5 Å². The van der Waals surface area contributed by atoms with Gasteiger partial charge >= 0.3 is 0 Å². The van der Waals surface area contributed by atoms with Crippen molar-refractivity contribution in [1.29, 1.82) is 0 Å². The van der Waals surface area contributed by atoms with Gasteiger partial charge in [-0.05, 0) is 37.2 Å². The molecule has 1 aliphatic rings. The second kappa shape index (κ2) is 9.10. The summed E-state index contributed by atoms with van der Waals surface area (Å²) in [6, 6.07) is 9.08. The maximum Gasteiger partial charge on any atom is 0.251 e. The number of hydrogen-bond acceptors (Lipinski definition) is 6. The van der Waals surface area contributed by atoms with Crippen molar-refractivity contribution in [3.05, 3.63) is 48.3 Å². The number of carbonyl (C=O) groups is 1. The van der Waals surface area contributed by atoms with E-state index in [9.17, 15) is 4.79 Å². The molecule has 0 atom stereocenters. The highest BCUT2D eigenvalue weighted by Crippen LogP contribution is 2.14. The van der Waals surface area contributed by atoms with Crippen molar-refractivity contribution in [3.63, 3.8) is 0 Å². The van der Waals surface area contributed by atoms with Crippen molar-refractivity contribution < 1.29 is 9.53 Å². The summed E-state index contributed by atoms with van der Waals surface area (Å²) in [6.45, 7) is 5.20. The number of morpholine rings is 1. The van der Waals surface area contributed by atoms with Crippen LogP contribution in [0.4, 0.5) is 11.6 Å². The lowest BCUT2D eigenvalue weighted by molar-refractivity contribution is 0.0374. The fraction of sp³-hybridized carbons (Fsp3) is 0.389. The van der Waals surface area contributed by atoms with Gasteiger partial charge in [-0.3, -0.25) is 9.69 Å². The lowest BCUT2D eigenvalue weighted by Crippen LogP contribution is -2.38. The van der Waals surface area contributed by atoms with Gasteiger partial charge in [0, 0.05) is 43.3 Å². The molecule has 0 aliphatic carbocycles. The van der Waals surface area contributed by atoms with Crippen LogP contribution in [-0.2, 0) is 4.74 Å². The summed E-state index contributed by atoms with van der Waals surface area (Å²) in [7, 11) is 0. The first-order valence-electron chi connectivity index (χ1n) is 8.54. The Bertz CT molecular complexity index is 674. The Morgan fingerprint density at radius 3 is 2.76 bits per heavy atom. The number of ether oxygens (including phenoxy) is 1. The Labute approximate surface area is 147 Å². The molecule has 0 unspecified atom stereocenters. The van der Waals surface area contributed by atoms with Gasteiger partial charge in [-0.25, -0.2) is 9.97 Å². The molecule has 132 valence electrons. The van der Waals surface area contributed by atoms with Gasteiger partial charge in [0.15, 0.2) is 0 Å². The summed E-state index contributed by atoms with van der Waals surface area (Å²) < 4.78 is 5.33. The van der Waals surface area contributed by atoms with Crippen LogP contribution < -0.4 is 10.6 Å². The highest BCUT2D eigenvalue weighted by molar-refractivity contribution is 5.95. The third-order valence-electron chi connectivity index (χ3n) is 3.99. The number of benzene rings is 1. The molecular formula is C18H23N5O2. The molecule has 7 heteroatoms. The standard InChI is InChI=1S/C18H23N5O2/c24-17(19-8-3-9-23-10-12-25-13-11-23)15-4-1-5-16(14-15)22-18-20-6-2-7-21-18/h1-2,4-7,14H,3,8-13H2,(H,19,24)(H,20,21,22). The Morgan fingerprint density at radius 1 is 1.16 bits per heavy atom. The first-order valence-corrected chi connectivity index (χ1v) is 8.54. The fourth-order valence-corrected chi connectivity index (χ4v) is 2.66. The molecule has 1 aromatic carbocycles. The van der Waals surface area contributed by atoms with Crippen molar-refractivity contribution in [2.45, 2.75) is 6.42 Å². The predicted octanol–water partition coefficient (Wildman–Crippen LogP) is 1.67. The summed E-state index contributed by atoms with van der Waals surface area (Å²) in [5.74, 6) is 0.435. The number of hydrogen-bond donors (Lipinski definition) is 2. The van der Waals surface area contributed by atoms with E-state index < -0.39 is 0 Å². The molecular weight excluding hydrogens is 318 g/mol. The van der Waals surface area contributed by atoms with Crippen molar-refractivity contribution in [1.82, 2.24) is 20.2 Å². The first kappa shape index (κ1) is 17.3. The van der Waals surface area contributed by atoms with Gasteiger partial charge in [0.1, 0.15) is 0 Å². The molecule has 0 radical (unpaired) electrons. The van der Waals surface area contributed by atoms with Crippen LogP contribution in [-0.4, -0.2) is 60.2 Å². The van der Waals surface area contributed by atoms with E-state index in [1.54, 1.807) is 30.6 Å². The predicted molar refractivity (Wildman–Crippen MR) is 96.0 cm³/mol. The fourth-order valence-electron chi connectivity index (χ4n) is 2.66. The van der Waals surface area contributed by atoms with E-state index in [1.165, 1.54) is 0 Å². The molecule has 0 saturated carbocycles. The zero-order chi connectivity index (χ0) is 17.3. The highest BCUT2D eigenvalue weighted by atomic mass is 16.5. The average molecular weight is 341 g/mol. The van der Waals surface area contributed by atoms with Gasteiger partial charge in [0.25, 0.3) is 5.91 Å². The summed E-state index contributed by atoms with van der Waals surface area (Å²) in [6.07, 6.45) is 4.27. The van der Waals surface area contributed by atoms with Crippen LogP contribution in [0, 0.1) is 0 Å². The van der Waals surface area contributed by atoms with Gasteiger partial charge < -0.3 is 15.4 Å². The molecule has 1 amide bonds. The molecule has 1 aliphatic heterocycles. The Hall–Kier alpha value is -2.51. The normalized spacial score (nSPS) is 14.9. The summed E-state index contributed by atoms with van der Waals surface area (Å²) in [5, 5.41) is 6.06. The summed E-state index contributed by atoms with van der Waals surface area (Å²) in [5.41, 5.74) is 1.40. The lowest BCUT2D eigenvalue weighted by Gasteiger charge is -2.26. The lowest BCUT2D eigenvalue weighted by atomic mass is 10.2. The van der Waals surface area contributed by atoms with E-state index in [2.05, 4.69) is 25.5 Å². The number of nitrogens with one attached hydrogen (secondary N) is 2. The molecule has 0 bridgehead atoms. The first-order chi connectivity index (χ1) is 12.3. The second-order valence-corrected chi connectivity index (χ2v) is 5.84. The summed E-state index contributed by atoms with van der Waals surface area (Å²) >= 11 is 0. The van der Waals surface area contributed by atoms with E-state index in [1.807, 2.05) is 12.1 Å². The van der Waals surface area contributed by atoms with Crippen LogP contribution in [0.25, 0.3) is 0 Å². The third kappa shape index (κ3) is 5.51. The maximum atomic E-state index is 12.3. The molecule has 2 aromatic rings. The number of carbonyl (C=O) groups excluding carboxylic acids is 1. The number of aromatic nitrogens is 2. The largest absolute Gasteiger partial charge is 0.379 e. The second-order valence-electron chi connectivity index (χ2n) is 5.84. The Morgan fingerprint density at radius 2 is 1.96 bits per heavy atom. The number of nitrogens with zero attached hydrogens (tertiary/aromatic N) is 3. The minimum atomic E-state index is -0.0698. The molecule has 1 aromatic heterocycles. The summed E-state index contributed by atoms with van der Waals surface area (Å²) in [4.78, 5) is 22.9. The maximum absolute atomic E-state index is 12.3.